The van der Waals surface area contributed by atoms with Crippen molar-refractivity contribution in [3.05, 3.63) is 28.2 Å². The summed E-state index contributed by atoms with van der Waals surface area (Å²) in [5.41, 5.74) is -0.296. The van der Waals surface area contributed by atoms with Gasteiger partial charge in [0.2, 0.25) is 5.91 Å². The number of nitrogens with one attached hydrogen (secondary N) is 2. The highest BCUT2D eigenvalue weighted by Gasteiger charge is 2.30. The molecule has 0 aliphatic rings. The van der Waals surface area contributed by atoms with Crippen LogP contribution in [0.2, 0.25) is 0 Å². The summed E-state index contributed by atoms with van der Waals surface area (Å²) in [7, 11) is 0. The van der Waals surface area contributed by atoms with Crippen LogP contribution in [0.3, 0.4) is 0 Å². The third-order valence-electron chi connectivity index (χ3n) is 2.61. The van der Waals surface area contributed by atoms with Crippen molar-refractivity contribution in [3.63, 3.8) is 0 Å². The van der Waals surface area contributed by atoms with E-state index >= 15 is 0 Å². The van der Waals surface area contributed by atoms with Crippen LogP contribution in [0.5, 0.6) is 0 Å². The molecular formula is C13H16BrF3N2O. The molecule has 0 spiro atoms. The summed E-state index contributed by atoms with van der Waals surface area (Å²) in [5.74, 6) is -0.196. The topological polar surface area (TPSA) is 41.1 Å². The maximum Gasteiger partial charge on any atom is 0.416 e. The predicted molar refractivity (Wildman–Crippen MR) is 75.5 cm³/mol. The number of anilines is 1. The van der Waals surface area contributed by atoms with E-state index in [1.54, 1.807) is 6.92 Å². The van der Waals surface area contributed by atoms with E-state index in [-0.39, 0.29) is 10.4 Å². The zero-order valence-electron chi connectivity index (χ0n) is 11.1. The average molecular weight is 353 g/mol. The maximum absolute atomic E-state index is 12.5. The molecule has 20 heavy (non-hydrogen) atoms. The molecule has 0 heterocycles. The van der Waals surface area contributed by atoms with Crippen molar-refractivity contribution in [2.24, 2.45) is 0 Å². The van der Waals surface area contributed by atoms with Gasteiger partial charge in [0, 0.05) is 16.7 Å². The zero-order chi connectivity index (χ0) is 15.3. The van der Waals surface area contributed by atoms with Gasteiger partial charge < -0.3 is 10.6 Å². The zero-order valence-corrected chi connectivity index (χ0v) is 12.7. The fourth-order valence-electron chi connectivity index (χ4n) is 1.51. The summed E-state index contributed by atoms with van der Waals surface area (Å²) >= 11 is 3.08. The van der Waals surface area contributed by atoms with Crippen LogP contribution in [0.15, 0.2) is 22.7 Å². The Kier molecular flexibility index (Phi) is 5.86. The van der Waals surface area contributed by atoms with Crippen LogP contribution in [-0.2, 0) is 11.0 Å². The molecule has 0 radical (unpaired) electrons. The van der Waals surface area contributed by atoms with Gasteiger partial charge in [0.15, 0.2) is 0 Å². The van der Waals surface area contributed by atoms with Gasteiger partial charge in [-0.3, -0.25) is 4.79 Å². The third-order valence-corrected chi connectivity index (χ3v) is 3.27. The molecule has 2 N–H and O–H groups in total. The number of halogens is 4. The molecular weight excluding hydrogens is 337 g/mol. The molecule has 3 nitrogen and oxygen atoms in total. The quantitative estimate of drug-likeness (QED) is 0.846. The molecule has 7 heteroatoms. The number of amides is 1. The second kappa shape index (κ2) is 6.97. The van der Waals surface area contributed by atoms with Crippen molar-refractivity contribution in [2.75, 3.05) is 11.9 Å². The van der Waals surface area contributed by atoms with Crippen LogP contribution in [0.4, 0.5) is 18.9 Å². The summed E-state index contributed by atoms with van der Waals surface area (Å²) < 4.78 is 37.8. The molecule has 1 atom stereocenters. The van der Waals surface area contributed by atoms with Crippen LogP contribution in [0.25, 0.3) is 0 Å². The Morgan fingerprint density at radius 2 is 2.05 bits per heavy atom. The molecule has 112 valence electrons. The lowest BCUT2D eigenvalue weighted by Crippen LogP contribution is -2.37. The Hall–Kier alpha value is -1.24. The normalized spacial score (nSPS) is 12.9. The van der Waals surface area contributed by atoms with Crippen molar-refractivity contribution in [2.45, 2.75) is 32.5 Å². The summed E-state index contributed by atoms with van der Waals surface area (Å²) in [6, 6.07) is 2.73. The predicted octanol–water partition coefficient (Wildman–Crippen LogP) is 3.79. The van der Waals surface area contributed by atoms with E-state index in [4.69, 9.17) is 0 Å². The molecule has 0 aromatic heterocycles. The van der Waals surface area contributed by atoms with E-state index < -0.39 is 17.8 Å². The molecule has 1 rings (SSSR count). The van der Waals surface area contributed by atoms with E-state index in [1.807, 2.05) is 6.92 Å². The lowest BCUT2D eigenvalue weighted by atomic mass is 10.2. The maximum atomic E-state index is 12.5. The number of alkyl halides is 3. The number of carbonyl (C=O) groups excluding carboxylic acids is 1. The largest absolute Gasteiger partial charge is 0.416 e. The highest BCUT2D eigenvalue weighted by molar-refractivity contribution is 9.10. The van der Waals surface area contributed by atoms with E-state index in [0.717, 1.165) is 18.6 Å². The Morgan fingerprint density at radius 3 is 2.55 bits per heavy atom. The highest BCUT2D eigenvalue weighted by Crippen LogP contribution is 2.34. The SMILES string of the molecule is CCCNC(=O)C(C)Nc1ccc(C(F)(F)F)cc1Br. The Balaban J connectivity index is 2.76. The summed E-state index contributed by atoms with van der Waals surface area (Å²) in [6.45, 7) is 4.15. The Bertz CT molecular complexity index is 477. The molecule has 0 aliphatic heterocycles. The van der Waals surface area contributed by atoms with Crippen LogP contribution in [0.1, 0.15) is 25.8 Å². The van der Waals surface area contributed by atoms with E-state index in [9.17, 15) is 18.0 Å². The highest BCUT2D eigenvalue weighted by atomic mass is 79.9. The van der Waals surface area contributed by atoms with Gasteiger partial charge in [0.25, 0.3) is 0 Å². The Morgan fingerprint density at radius 1 is 1.40 bits per heavy atom. The molecule has 1 aromatic rings. The summed E-state index contributed by atoms with van der Waals surface area (Å²) in [4.78, 5) is 11.7. The summed E-state index contributed by atoms with van der Waals surface area (Å²) in [5, 5.41) is 5.58. The van der Waals surface area contributed by atoms with Crippen molar-refractivity contribution in [1.82, 2.24) is 5.32 Å². The van der Waals surface area contributed by atoms with Gasteiger partial charge in [-0.05, 0) is 47.5 Å². The van der Waals surface area contributed by atoms with Crippen molar-refractivity contribution in [1.29, 1.82) is 0 Å². The monoisotopic (exact) mass is 352 g/mol. The van der Waals surface area contributed by atoms with E-state index in [1.165, 1.54) is 6.07 Å². The Labute approximate surface area is 124 Å². The van der Waals surface area contributed by atoms with Crippen molar-refractivity contribution >= 4 is 27.5 Å². The lowest BCUT2D eigenvalue weighted by molar-refractivity contribution is -0.137. The minimum Gasteiger partial charge on any atom is -0.373 e. The molecule has 0 saturated carbocycles. The smallest absolute Gasteiger partial charge is 0.373 e. The molecule has 0 aliphatic carbocycles. The van der Waals surface area contributed by atoms with Crippen LogP contribution >= 0.6 is 15.9 Å². The van der Waals surface area contributed by atoms with Gasteiger partial charge in [-0.25, -0.2) is 0 Å². The second-order valence-corrected chi connectivity index (χ2v) is 5.20. The number of benzene rings is 1. The van der Waals surface area contributed by atoms with E-state index in [0.29, 0.717) is 12.2 Å². The first-order chi connectivity index (χ1) is 9.25. The van der Waals surface area contributed by atoms with Crippen LogP contribution in [0, 0.1) is 0 Å². The van der Waals surface area contributed by atoms with E-state index in [2.05, 4.69) is 26.6 Å². The standard InChI is InChI=1S/C13H16BrF3N2O/c1-3-6-18-12(20)8(2)19-11-5-4-9(7-10(11)14)13(15,16)17/h4-5,7-8,19H,3,6H2,1-2H3,(H,18,20). The van der Waals surface area contributed by atoms with Gasteiger partial charge in [0.05, 0.1) is 5.56 Å². The average Bonchev–Trinajstić information content (AvgIpc) is 2.36. The third kappa shape index (κ3) is 4.70. The molecule has 0 saturated heterocycles. The molecule has 1 amide bonds. The van der Waals surface area contributed by atoms with Gasteiger partial charge in [-0.15, -0.1) is 0 Å². The number of rotatable bonds is 5. The van der Waals surface area contributed by atoms with Gasteiger partial charge in [-0.2, -0.15) is 13.2 Å². The van der Waals surface area contributed by atoms with Crippen LogP contribution in [-0.4, -0.2) is 18.5 Å². The lowest BCUT2D eigenvalue weighted by Gasteiger charge is -2.17. The summed E-state index contributed by atoms with van der Waals surface area (Å²) in [6.07, 6.45) is -3.56. The van der Waals surface area contributed by atoms with Gasteiger partial charge in [-0.1, -0.05) is 6.92 Å². The fourth-order valence-corrected chi connectivity index (χ4v) is 2.00. The minimum absolute atomic E-state index is 0.196. The first kappa shape index (κ1) is 16.8. The molecule has 0 bridgehead atoms. The fraction of sp³-hybridized carbons (Fsp3) is 0.462. The van der Waals surface area contributed by atoms with Crippen molar-refractivity contribution < 1.29 is 18.0 Å². The van der Waals surface area contributed by atoms with Crippen LogP contribution < -0.4 is 10.6 Å². The van der Waals surface area contributed by atoms with Gasteiger partial charge >= 0.3 is 6.18 Å². The first-order valence-corrected chi connectivity index (χ1v) is 6.96. The molecule has 0 fully saturated rings. The van der Waals surface area contributed by atoms with Gasteiger partial charge in [0.1, 0.15) is 6.04 Å². The molecule has 1 unspecified atom stereocenters. The van der Waals surface area contributed by atoms with Crippen molar-refractivity contribution in [3.8, 4) is 0 Å². The molecule has 1 aromatic carbocycles. The second-order valence-electron chi connectivity index (χ2n) is 4.35. The first-order valence-electron chi connectivity index (χ1n) is 6.16. The minimum atomic E-state index is -4.38. The number of hydrogen-bond acceptors (Lipinski definition) is 2. The number of carbonyl (C=O) groups is 1. The number of hydrogen-bond donors (Lipinski definition) is 2.